The summed E-state index contributed by atoms with van der Waals surface area (Å²) in [7, 11) is 1.78. The van der Waals surface area contributed by atoms with Gasteiger partial charge < -0.3 is 9.80 Å². The summed E-state index contributed by atoms with van der Waals surface area (Å²) in [6.07, 6.45) is 6.86. The van der Waals surface area contributed by atoms with Crippen LogP contribution in [0.15, 0.2) is 18.3 Å². The van der Waals surface area contributed by atoms with Crippen LogP contribution < -0.4 is 0 Å². The third-order valence-corrected chi connectivity index (χ3v) is 4.06. The smallest absolute Gasteiger partial charge is 0.272 e. The van der Waals surface area contributed by atoms with Crippen LogP contribution in [0.4, 0.5) is 0 Å². The van der Waals surface area contributed by atoms with Crippen molar-refractivity contribution in [3.05, 3.63) is 29.6 Å². The Morgan fingerprint density at radius 2 is 2.00 bits per heavy atom. The highest BCUT2D eigenvalue weighted by molar-refractivity contribution is 5.98. The number of amides is 2. The predicted molar refractivity (Wildman–Crippen MR) is 85.9 cm³/mol. The molecule has 2 amide bonds. The summed E-state index contributed by atoms with van der Waals surface area (Å²) in [5, 5.41) is 0. The van der Waals surface area contributed by atoms with E-state index in [1.54, 1.807) is 30.3 Å². The number of carbonyl (C=O) groups is 2. The fourth-order valence-corrected chi connectivity index (χ4v) is 2.65. The monoisotopic (exact) mass is 303 g/mol. The van der Waals surface area contributed by atoms with E-state index < -0.39 is 0 Å². The maximum atomic E-state index is 12.5. The van der Waals surface area contributed by atoms with E-state index in [1.165, 1.54) is 6.42 Å². The van der Waals surface area contributed by atoms with Crippen LogP contribution in [0, 0.1) is 0 Å². The van der Waals surface area contributed by atoms with Crippen LogP contribution in [0.2, 0.25) is 0 Å². The molecule has 2 heterocycles. The van der Waals surface area contributed by atoms with Crippen LogP contribution in [-0.2, 0) is 0 Å². The van der Waals surface area contributed by atoms with Crippen LogP contribution >= 0.6 is 0 Å². The molecule has 0 atom stereocenters. The number of aromatic nitrogens is 1. The molecular weight excluding hydrogens is 278 g/mol. The zero-order valence-electron chi connectivity index (χ0n) is 13.5. The van der Waals surface area contributed by atoms with Gasteiger partial charge >= 0.3 is 0 Å². The van der Waals surface area contributed by atoms with E-state index in [9.17, 15) is 9.59 Å². The Labute approximate surface area is 132 Å². The van der Waals surface area contributed by atoms with Gasteiger partial charge in [-0.15, -0.1) is 0 Å². The Hall–Kier alpha value is -1.91. The van der Waals surface area contributed by atoms with Crippen molar-refractivity contribution in [1.82, 2.24) is 14.8 Å². The second-order valence-electron chi connectivity index (χ2n) is 5.86. The highest BCUT2D eigenvalue weighted by Gasteiger charge is 2.20. The maximum absolute atomic E-state index is 12.5. The molecule has 0 aliphatic carbocycles. The Morgan fingerprint density at radius 1 is 1.27 bits per heavy atom. The minimum atomic E-state index is -0.123. The number of rotatable bonds is 5. The molecule has 1 aliphatic rings. The average Bonchev–Trinajstić information content (AvgIpc) is 2.59. The van der Waals surface area contributed by atoms with Crippen molar-refractivity contribution in [2.24, 2.45) is 0 Å². The molecule has 1 aromatic rings. The zero-order chi connectivity index (χ0) is 15.9. The third-order valence-electron chi connectivity index (χ3n) is 4.06. The molecule has 0 radical (unpaired) electrons. The first-order valence-electron chi connectivity index (χ1n) is 8.14. The van der Waals surface area contributed by atoms with Crippen molar-refractivity contribution in [1.29, 1.82) is 0 Å². The minimum Gasteiger partial charge on any atom is -0.340 e. The summed E-state index contributed by atoms with van der Waals surface area (Å²) in [5.41, 5.74) is 0.908. The fraction of sp³-hybridized carbons (Fsp3) is 0.588. The van der Waals surface area contributed by atoms with Crippen LogP contribution in [0.25, 0.3) is 0 Å². The molecule has 0 N–H and O–H groups in total. The van der Waals surface area contributed by atoms with Crippen LogP contribution in [0.5, 0.6) is 0 Å². The molecule has 1 aromatic heterocycles. The zero-order valence-corrected chi connectivity index (χ0v) is 13.5. The number of nitrogens with zero attached hydrogens (tertiary/aromatic N) is 3. The minimum absolute atomic E-state index is 0.00682. The molecule has 2 rings (SSSR count). The quantitative estimate of drug-likeness (QED) is 0.840. The van der Waals surface area contributed by atoms with Gasteiger partial charge in [-0.25, -0.2) is 0 Å². The summed E-state index contributed by atoms with van der Waals surface area (Å²) < 4.78 is 0. The molecule has 0 bridgehead atoms. The number of piperidine rings is 1. The van der Waals surface area contributed by atoms with Gasteiger partial charge in [0.05, 0.1) is 0 Å². The number of hydrogen-bond donors (Lipinski definition) is 0. The van der Waals surface area contributed by atoms with Gasteiger partial charge in [-0.3, -0.25) is 14.6 Å². The van der Waals surface area contributed by atoms with Crippen molar-refractivity contribution in [3.8, 4) is 0 Å². The van der Waals surface area contributed by atoms with E-state index in [4.69, 9.17) is 0 Å². The average molecular weight is 303 g/mol. The Bertz CT molecular complexity index is 524. The van der Waals surface area contributed by atoms with Crippen molar-refractivity contribution < 1.29 is 9.59 Å². The van der Waals surface area contributed by atoms with Gasteiger partial charge in [0.1, 0.15) is 5.69 Å². The normalized spacial score (nSPS) is 14.7. The van der Waals surface area contributed by atoms with Gasteiger partial charge in [-0.1, -0.05) is 13.3 Å². The van der Waals surface area contributed by atoms with Crippen LogP contribution in [-0.4, -0.2) is 53.3 Å². The SMILES string of the molecule is CCCCN(C)C(=O)c1cc(C(=O)N2CCCCC2)ccn1. The first-order valence-corrected chi connectivity index (χ1v) is 8.14. The van der Waals surface area contributed by atoms with E-state index in [2.05, 4.69) is 11.9 Å². The van der Waals surface area contributed by atoms with Gasteiger partial charge in [0, 0.05) is 38.4 Å². The summed E-state index contributed by atoms with van der Waals surface area (Å²) in [6, 6.07) is 3.32. The third kappa shape index (κ3) is 4.06. The summed E-state index contributed by atoms with van der Waals surface area (Å²) in [6.45, 7) is 4.41. The lowest BCUT2D eigenvalue weighted by Gasteiger charge is -2.26. The van der Waals surface area contributed by atoms with E-state index in [1.807, 2.05) is 4.90 Å². The standard InChI is InChI=1S/C17H25N3O2/c1-3-4-10-19(2)17(22)15-13-14(8-9-18-15)16(21)20-11-6-5-7-12-20/h8-9,13H,3-7,10-12H2,1-2H3. The molecule has 0 unspecified atom stereocenters. The largest absolute Gasteiger partial charge is 0.340 e. The van der Waals surface area contributed by atoms with Gasteiger partial charge in [-0.2, -0.15) is 0 Å². The van der Waals surface area contributed by atoms with Crippen LogP contribution in [0.1, 0.15) is 59.9 Å². The van der Waals surface area contributed by atoms with Crippen molar-refractivity contribution in [2.75, 3.05) is 26.7 Å². The highest BCUT2D eigenvalue weighted by atomic mass is 16.2. The first-order chi connectivity index (χ1) is 10.6. The number of pyridine rings is 1. The molecule has 1 fully saturated rings. The van der Waals surface area contributed by atoms with E-state index in [0.717, 1.165) is 38.8 Å². The topological polar surface area (TPSA) is 53.5 Å². The lowest BCUT2D eigenvalue weighted by Crippen LogP contribution is -2.36. The number of carbonyl (C=O) groups excluding carboxylic acids is 2. The molecule has 5 heteroatoms. The molecule has 0 saturated carbocycles. The van der Waals surface area contributed by atoms with Gasteiger partial charge in [0.15, 0.2) is 0 Å². The number of likely N-dealkylation sites (tertiary alicyclic amines) is 1. The number of unbranched alkanes of at least 4 members (excludes halogenated alkanes) is 1. The van der Waals surface area contributed by atoms with E-state index in [-0.39, 0.29) is 11.8 Å². The van der Waals surface area contributed by atoms with E-state index in [0.29, 0.717) is 17.8 Å². The van der Waals surface area contributed by atoms with Crippen molar-refractivity contribution in [2.45, 2.75) is 39.0 Å². The first kappa shape index (κ1) is 16.5. The van der Waals surface area contributed by atoms with Crippen LogP contribution in [0.3, 0.4) is 0 Å². The molecule has 1 saturated heterocycles. The Balaban J connectivity index is 2.08. The fourth-order valence-electron chi connectivity index (χ4n) is 2.65. The van der Waals surface area contributed by atoms with Crippen molar-refractivity contribution >= 4 is 11.8 Å². The van der Waals surface area contributed by atoms with Gasteiger partial charge in [0.25, 0.3) is 11.8 Å². The molecule has 5 nitrogen and oxygen atoms in total. The second kappa shape index (κ2) is 7.92. The Kier molecular flexibility index (Phi) is 5.92. The summed E-state index contributed by atoms with van der Waals surface area (Å²) in [5.74, 6) is -0.117. The lowest BCUT2D eigenvalue weighted by molar-refractivity contribution is 0.0724. The molecule has 120 valence electrons. The Morgan fingerprint density at radius 3 is 2.68 bits per heavy atom. The van der Waals surface area contributed by atoms with Crippen molar-refractivity contribution in [3.63, 3.8) is 0 Å². The summed E-state index contributed by atoms with van der Waals surface area (Å²) in [4.78, 5) is 32.5. The van der Waals surface area contributed by atoms with Gasteiger partial charge in [-0.05, 0) is 37.8 Å². The van der Waals surface area contributed by atoms with Gasteiger partial charge in [0.2, 0.25) is 0 Å². The molecule has 0 spiro atoms. The maximum Gasteiger partial charge on any atom is 0.272 e. The molecular formula is C17H25N3O2. The number of hydrogen-bond acceptors (Lipinski definition) is 3. The second-order valence-corrected chi connectivity index (χ2v) is 5.86. The molecule has 22 heavy (non-hydrogen) atoms. The highest BCUT2D eigenvalue weighted by Crippen LogP contribution is 2.14. The van der Waals surface area contributed by atoms with E-state index >= 15 is 0 Å². The predicted octanol–water partition coefficient (Wildman–Crippen LogP) is 2.58. The lowest BCUT2D eigenvalue weighted by atomic mass is 10.1. The molecule has 0 aromatic carbocycles. The molecule has 1 aliphatic heterocycles. The summed E-state index contributed by atoms with van der Waals surface area (Å²) >= 11 is 0.